The minimum absolute atomic E-state index is 0.138. The molecule has 0 saturated heterocycles. The van der Waals surface area contributed by atoms with Crippen molar-refractivity contribution in [2.24, 2.45) is 0 Å². The molecule has 0 aliphatic rings. The number of alkyl carbamates (subject to hydrolysis) is 1. The summed E-state index contributed by atoms with van der Waals surface area (Å²) >= 11 is 0. The van der Waals surface area contributed by atoms with Gasteiger partial charge in [0.05, 0.1) is 0 Å². The highest BCUT2D eigenvalue weighted by Gasteiger charge is 2.52. The molecule has 0 saturated carbocycles. The minimum Gasteiger partial charge on any atom is -0.534 e. The summed E-state index contributed by atoms with van der Waals surface area (Å²) < 4.78 is 12.4. The van der Waals surface area contributed by atoms with E-state index in [4.69, 9.17) is 9.16 Å². The molecule has 3 rings (SSSR count). The fraction of sp³-hybridized carbons (Fsp3) is 0.355. The van der Waals surface area contributed by atoms with E-state index in [9.17, 15) is 9.59 Å². The molecule has 0 spiro atoms. The van der Waals surface area contributed by atoms with E-state index in [0.717, 1.165) is 17.6 Å². The Bertz CT molecular complexity index is 1110. The van der Waals surface area contributed by atoms with Crippen LogP contribution in [0.1, 0.15) is 53.5 Å². The van der Waals surface area contributed by atoms with Gasteiger partial charge < -0.3 is 19.3 Å². The molecular formula is C31H39NO4Si. The highest BCUT2D eigenvalue weighted by molar-refractivity contribution is 7.00. The van der Waals surface area contributed by atoms with Crippen LogP contribution in [0, 0.1) is 0 Å². The highest BCUT2D eigenvalue weighted by atomic mass is 28.4. The van der Waals surface area contributed by atoms with Gasteiger partial charge in [0.1, 0.15) is 17.6 Å². The number of carbonyl (C=O) groups is 2. The Labute approximate surface area is 222 Å². The molecule has 37 heavy (non-hydrogen) atoms. The number of nitrogens with one attached hydrogen (secondary N) is 1. The molecule has 6 heteroatoms. The standard InChI is InChI=1S/C31H39NO4Si/c1-30(2,3)35-29(34)32-25(21-22-33)23-24-17-19-26(20-18-24)36-37(31(4,5)6,27-13-9-7-10-14-27)28-15-11-8-12-16-28/h7-20,22,25H,21,23H2,1-6H3,(H,32,34). The normalized spacial score (nSPS) is 12.9. The maximum atomic E-state index is 12.2. The molecule has 0 aliphatic carbocycles. The predicted molar refractivity (Wildman–Crippen MR) is 152 cm³/mol. The quantitative estimate of drug-likeness (QED) is 0.294. The summed E-state index contributed by atoms with van der Waals surface area (Å²) in [6, 6.07) is 28.7. The summed E-state index contributed by atoms with van der Waals surface area (Å²) in [5, 5.41) is 5.11. The Morgan fingerprint density at radius 3 is 1.78 bits per heavy atom. The van der Waals surface area contributed by atoms with Crippen molar-refractivity contribution >= 4 is 31.1 Å². The molecule has 1 N–H and O–H groups in total. The Morgan fingerprint density at radius 1 is 0.838 bits per heavy atom. The van der Waals surface area contributed by atoms with E-state index in [-0.39, 0.29) is 17.5 Å². The van der Waals surface area contributed by atoms with Crippen LogP contribution in [-0.4, -0.2) is 32.3 Å². The van der Waals surface area contributed by atoms with E-state index in [0.29, 0.717) is 6.42 Å². The fourth-order valence-corrected chi connectivity index (χ4v) is 9.01. The molecule has 1 unspecified atom stereocenters. The van der Waals surface area contributed by atoms with Crippen LogP contribution >= 0.6 is 0 Å². The lowest BCUT2D eigenvalue weighted by Gasteiger charge is -2.43. The molecule has 0 fully saturated rings. The number of benzene rings is 3. The number of hydrogen-bond donors (Lipinski definition) is 1. The zero-order valence-corrected chi connectivity index (χ0v) is 23.8. The first-order valence-corrected chi connectivity index (χ1v) is 14.7. The average Bonchev–Trinajstić information content (AvgIpc) is 2.83. The Hall–Kier alpha value is -3.38. The van der Waals surface area contributed by atoms with Crippen molar-refractivity contribution in [2.45, 2.75) is 71.1 Å². The van der Waals surface area contributed by atoms with Crippen molar-refractivity contribution in [3.8, 4) is 5.75 Å². The van der Waals surface area contributed by atoms with Gasteiger partial charge in [-0.3, -0.25) is 0 Å². The first kappa shape index (κ1) is 28.2. The van der Waals surface area contributed by atoms with Gasteiger partial charge in [0.2, 0.25) is 0 Å². The van der Waals surface area contributed by atoms with Gasteiger partial charge in [0, 0.05) is 12.5 Å². The van der Waals surface area contributed by atoms with Crippen LogP contribution in [-0.2, 0) is 16.0 Å². The lowest BCUT2D eigenvalue weighted by Crippen LogP contribution is -2.68. The van der Waals surface area contributed by atoms with Crippen molar-refractivity contribution in [1.29, 1.82) is 0 Å². The molecule has 0 heterocycles. The topological polar surface area (TPSA) is 64.6 Å². The van der Waals surface area contributed by atoms with Crippen molar-refractivity contribution in [2.75, 3.05) is 0 Å². The summed E-state index contributed by atoms with van der Waals surface area (Å²) in [5.41, 5.74) is 0.396. The van der Waals surface area contributed by atoms with Crippen molar-refractivity contribution in [1.82, 2.24) is 5.32 Å². The van der Waals surface area contributed by atoms with Crippen LogP contribution in [0.2, 0.25) is 5.04 Å². The van der Waals surface area contributed by atoms with Crippen LogP contribution in [0.3, 0.4) is 0 Å². The smallest absolute Gasteiger partial charge is 0.407 e. The zero-order chi connectivity index (χ0) is 27.1. The fourth-order valence-electron chi connectivity index (χ4n) is 4.59. The van der Waals surface area contributed by atoms with E-state index < -0.39 is 20.0 Å². The van der Waals surface area contributed by atoms with Crippen LogP contribution in [0.5, 0.6) is 5.75 Å². The van der Waals surface area contributed by atoms with E-state index in [1.54, 1.807) is 0 Å². The Morgan fingerprint density at radius 2 is 1.35 bits per heavy atom. The maximum Gasteiger partial charge on any atom is 0.407 e. The molecule has 0 bridgehead atoms. The van der Waals surface area contributed by atoms with Gasteiger partial charge in [-0.25, -0.2) is 4.79 Å². The van der Waals surface area contributed by atoms with Gasteiger partial charge >= 0.3 is 14.4 Å². The molecule has 3 aromatic carbocycles. The number of ether oxygens (including phenoxy) is 1. The van der Waals surface area contributed by atoms with Crippen LogP contribution in [0.4, 0.5) is 4.79 Å². The zero-order valence-electron chi connectivity index (χ0n) is 22.8. The van der Waals surface area contributed by atoms with Crippen molar-refractivity contribution < 1.29 is 18.8 Å². The maximum absolute atomic E-state index is 12.2. The second-order valence-electron chi connectivity index (χ2n) is 11.4. The lowest BCUT2D eigenvalue weighted by atomic mass is 10.0. The molecule has 3 aromatic rings. The van der Waals surface area contributed by atoms with Crippen LogP contribution in [0.15, 0.2) is 84.9 Å². The van der Waals surface area contributed by atoms with Gasteiger partial charge in [-0.1, -0.05) is 93.6 Å². The molecule has 196 valence electrons. The van der Waals surface area contributed by atoms with Crippen molar-refractivity contribution in [3.05, 3.63) is 90.5 Å². The third-order valence-electron chi connectivity index (χ3n) is 6.19. The molecule has 1 amide bonds. The third kappa shape index (κ3) is 7.32. The Kier molecular flexibility index (Phi) is 8.97. The van der Waals surface area contributed by atoms with Gasteiger partial charge in [-0.05, 0) is 60.3 Å². The highest BCUT2D eigenvalue weighted by Crippen LogP contribution is 2.37. The molecule has 0 aliphatic heterocycles. The molecular weight excluding hydrogens is 478 g/mol. The number of amides is 1. The molecule has 1 atom stereocenters. The number of hydrogen-bond acceptors (Lipinski definition) is 4. The number of aldehydes is 1. The summed E-state index contributed by atoms with van der Waals surface area (Å²) in [6.07, 6.45) is 1.02. The third-order valence-corrected chi connectivity index (χ3v) is 11.1. The summed E-state index contributed by atoms with van der Waals surface area (Å²) in [7, 11) is -2.72. The first-order chi connectivity index (χ1) is 17.4. The largest absolute Gasteiger partial charge is 0.534 e. The SMILES string of the molecule is CC(C)(C)OC(=O)NC(CC=O)Cc1ccc(O[Si](c2ccccc2)(c2ccccc2)C(C)(C)C)cc1. The second kappa shape index (κ2) is 11.8. The van der Waals surface area contributed by atoms with E-state index in [1.165, 1.54) is 10.4 Å². The molecule has 0 radical (unpaired) electrons. The van der Waals surface area contributed by atoms with E-state index in [2.05, 4.69) is 74.6 Å². The van der Waals surface area contributed by atoms with Crippen molar-refractivity contribution in [3.63, 3.8) is 0 Å². The number of rotatable bonds is 9. The molecule has 5 nitrogen and oxygen atoms in total. The summed E-state index contributed by atoms with van der Waals surface area (Å²) in [6.45, 7) is 12.2. The minimum atomic E-state index is -2.72. The molecule has 0 aromatic heterocycles. The second-order valence-corrected chi connectivity index (χ2v) is 15.6. The summed E-state index contributed by atoms with van der Waals surface area (Å²) in [4.78, 5) is 23.5. The average molecular weight is 518 g/mol. The van der Waals surface area contributed by atoms with Crippen LogP contribution < -0.4 is 20.1 Å². The van der Waals surface area contributed by atoms with Crippen LogP contribution in [0.25, 0.3) is 0 Å². The summed E-state index contributed by atoms with van der Waals surface area (Å²) in [5.74, 6) is 0.796. The number of carbonyl (C=O) groups excluding carboxylic acids is 2. The Balaban J connectivity index is 1.88. The predicted octanol–water partition coefficient (Wildman–Crippen LogP) is 5.65. The van der Waals surface area contributed by atoms with E-state index in [1.807, 2.05) is 57.2 Å². The van der Waals surface area contributed by atoms with Gasteiger partial charge in [0.15, 0.2) is 0 Å². The lowest BCUT2D eigenvalue weighted by molar-refractivity contribution is -0.108. The van der Waals surface area contributed by atoms with Gasteiger partial charge in [0.25, 0.3) is 0 Å². The van der Waals surface area contributed by atoms with Gasteiger partial charge in [-0.15, -0.1) is 0 Å². The van der Waals surface area contributed by atoms with Gasteiger partial charge in [-0.2, -0.15) is 0 Å². The monoisotopic (exact) mass is 517 g/mol. The first-order valence-electron chi connectivity index (χ1n) is 12.8. The van der Waals surface area contributed by atoms with E-state index >= 15 is 0 Å².